The first-order valence-electron chi connectivity index (χ1n) is 8.09. The zero-order valence-electron chi connectivity index (χ0n) is 12.6. The van der Waals surface area contributed by atoms with Gasteiger partial charge in [0.25, 0.3) is 0 Å². The molecule has 18 heavy (non-hydrogen) atoms. The summed E-state index contributed by atoms with van der Waals surface area (Å²) in [6, 6.07) is 0. The van der Waals surface area contributed by atoms with E-state index in [4.69, 9.17) is 4.74 Å². The fraction of sp³-hybridized carbons (Fsp3) is 1.00. The van der Waals surface area contributed by atoms with Crippen molar-refractivity contribution < 1.29 is 4.74 Å². The molecule has 3 rings (SSSR count). The zero-order valence-corrected chi connectivity index (χ0v) is 12.6. The van der Waals surface area contributed by atoms with E-state index in [1.54, 1.807) is 0 Å². The largest absolute Gasteiger partial charge is 0.384 e. The Bertz CT molecular complexity index is 313. The Labute approximate surface area is 113 Å². The Morgan fingerprint density at radius 3 is 2.67 bits per heavy atom. The monoisotopic (exact) mass is 250 g/mol. The van der Waals surface area contributed by atoms with Gasteiger partial charge in [0, 0.05) is 7.11 Å². The van der Waals surface area contributed by atoms with E-state index in [9.17, 15) is 0 Å². The highest BCUT2D eigenvalue weighted by Crippen LogP contribution is 2.68. The van der Waals surface area contributed by atoms with E-state index < -0.39 is 0 Å². The fourth-order valence-electron chi connectivity index (χ4n) is 6.40. The van der Waals surface area contributed by atoms with Gasteiger partial charge in [0.05, 0.1) is 6.61 Å². The number of fused-ring (bicyclic) bond motifs is 5. The number of rotatable bonds is 4. The molecule has 7 atom stereocenters. The molecular formula is C17H30O. The van der Waals surface area contributed by atoms with Gasteiger partial charge in [-0.25, -0.2) is 0 Å². The van der Waals surface area contributed by atoms with E-state index in [0.717, 1.165) is 42.1 Å². The Hall–Kier alpha value is -0.0400. The van der Waals surface area contributed by atoms with Gasteiger partial charge in [-0.15, -0.1) is 0 Å². The number of hydrogen-bond acceptors (Lipinski definition) is 1. The third-order valence-electron chi connectivity index (χ3n) is 6.64. The van der Waals surface area contributed by atoms with Crippen LogP contribution in [-0.4, -0.2) is 13.7 Å². The molecule has 104 valence electrons. The van der Waals surface area contributed by atoms with Crippen LogP contribution in [0.15, 0.2) is 0 Å². The van der Waals surface area contributed by atoms with Crippen LogP contribution in [0.1, 0.15) is 52.9 Å². The van der Waals surface area contributed by atoms with Gasteiger partial charge in [-0.1, -0.05) is 33.6 Å². The van der Waals surface area contributed by atoms with E-state index >= 15 is 0 Å². The van der Waals surface area contributed by atoms with Crippen molar-refractivity contribution in [3.63, 3.8) is 0 Å². The van der Waals surface area contributed by atoms with Crippen LogP contribution in [0.25, 0.3) is 0 Å². The summed E-state index contributed by atoms with van der Waals surface area (Å²) in [4.78, 5) is 0. The Morgan fingerprint density at radius 2 is 2.00 bits per heavy atom. The smallest absolute Gasteiger partial charge is 0.0518 e. The summed E-state index contributed by atoms with van der Waals surface area (Å²) in [5, 5.41) is 0. The second kappa shape index (κ2) is 4.51. The molecule has 7 unspecified atom stereocenters. The van der Waals surface area contributed by atoms with E-state index in [0.29, 0.717) is 5.41 Å². The van der Waals surface area contributed by atoms with E-state index in [1.807, 2.05) is 7.11 Å². The molecule has 0 spiro atoms. The predicted octanol–water partition coefficient (Wildman–Crippen LogP) is 4.37. The van der Waals surface area contributed by atoms with Crippen LogP contribution >= 0.6 is 0 Å². The molecule has 1 heteroatoms. The predicted molar refractivity (Wildman–Crippen MR) is 75.4 cm³/mol. The molecule has 3 aliphatic rings. The van der Waals surface area contributed by atoms with Gasteiger partial charge < -0.3 is 4.74 Å². The van der Waals surface area contributed by atoms with Crippen molar-refractivity contribution in [3.8, 4) is 0 Å². The maximum atomic E-state index is 5.55. The van der Waals surface area contributed by atoms with E-state index in [2.05, 4.69) is 20.8 Å². The maximum absolute atomic E-state index is 5.55. The van der Waals surface area contributed by atoms with Crippen molar-refractivity contribution in [2.75, 3.05) is 13.7 Å². The first-order valence-corrected chi connectivity index (χ1v) is 8.09. The van der Waals surface area contributed by atoms with Crippen molar-refractivity contribution in [1.82, 2.24) is 0 Å². The first kappa shape index (κ1) is 13.0. The molecule has 3 aliphatic carbocycles. The summed E-state index contributed by atoms with van der Waals surface area (Å²) in [7, 11) is 1.88. The molecule has 1 nitrogen and oxygen atoms in total. The Morgan fingerprint density at radius 1 is 1.22 bits per heavy atom. The molecule has 0 N–H and O–H groups in total. The number of ether oxygens (including phenoxy) is 1. The van der Waals surface area contributed by atoms with Crippen molar-refractivity contribution in [2.24, 2.45) is 40.9 Å². The molecular weight excluding hydrogens is 220 g/mol. The molecule has 0 aromatic heterocycles. The van der Waals surface area contributed by atoms with Gasteiger partial charge in [0.2, 0.25) is 0 Å². The standard InChI is InChI=1S/C17H30O/c1-5-6-12-7-11(2)15-13-8-14(16(12)15)17(3,9-13)10-18-4/h11-16H,5-10H2,1-4H3. The lowest BCUT2D eigenvalue weighted by Crippen LogP contribution is -2.39. The lowest BCUT2D eigenvalue weighted by Gasteiger charge is -2.42. The minimum absolute atomic E-state index is 0.497. The van der Waals surface area contributed by atoms with Crippen LogP contribution < -0.4 is 0 Å². The zero-order chi connectivity index (χ0) is 12.9. The average molecular weight is 250 g/mol. The van der Waals surface area contributed by atoms with Crippen LogP contribution in [0.2, 0.25) is 0 Å². The van der Waals surface area contributed by atoms with Crippen LogP contribution in [-0.2, 0) is 4.74 Å². The Balaban J connectivity index is 1.83. The van der Waals surface area contributed by atoms with Crippen molar-refractivity contribution >= 4 is 0 Å². The van der Waals surface area contributed by atoms with Crippen LogP contribution in [0.5, 0.6) is 0 Å². The van der Waals surface area contributed by atoms with Gasteiger partial charge in [0.15, 0.2) is 0 Å². The van der Waals surface area contributed by atoms with Crippen LogP contribution in [0.3, 0.4) is 0 Å². The maximum Gasteiger partial charge on any atom is 0.0518 e. The topological polar surface area (TPSA) is 9.23 Å². The van der Waals surface area contributed by atoms with Gasteiger partial charge in [-0.2, -0.15) is 0 Å². The van der Waals surface area contributed by atoms with Gasteiger partial charge >= 0.3 is 0 Å². The van der Waals surface area contributed by atoms with Gasteiger partial charge in [-0.05, 0) is 60.2 Å². The van der Waals surface area contributed by atoms with Gasteiger partial charge in [-0.3, -0.25) is 0 Å². The van der Waals surface area contributed by atoms with Crippen LogP contribution in [0.4, 0.5) is 0 Å². The summed E-state index contributed by atoms with van der Waals surface area (Å²) in [6.45, 7) is 8.38. The molecule has 0 aromatic rings. The molecule has 0 aromatic carbocycles. The lowest BCUT2D eigenvalue weighted by atomic mass is 9.64. The van der Waals surface area contributed by atoms with Gasteiger partial charge in [0.1, 0.15) is 0 Å². The van der Waals surface area contributed by atoms with Crippen LogP contribution in [0, 0.1) is 40.9 Å². The molecule has 3 fully saturated rings. The minimum atomic E-state index is 0.497. The third kappa shape index (κ3) is 1.69. The molecule has 0 aliphatic heterocycles. The molecule has 0 heterocycles. The van der Waals surface area contributed by atoms with E-state index in [1.165, 1.54) is 32.1 Å². The SMILES string of the molecule is CCCC1CC(C)C2C3CC(C12)C(C)(COC)C3. The minimum Gasteiger partial charge on any atom is -0.384 e. The summed E-state index contributed by atoms with van der Waals surface area (Å²) in [6.07, 6.45) is 7.31. The summed E-state index contributed by atoms with van der Waals surface area (Å²) < 4.78 is 5.55. The number of hydrogen-bond donors (Lipinski definition) is 0. The fourth-order valence-corrected chi connectivity index (χ4v) is 6.40. The highest BCUT2D eigenvalue weighted by atomic mass is 16.5. The summed E-state index contributed by atoms with van der Waals surface area (Å²) in [5.74, 6) is 6.12. The second-order valence-corrected chi connectivity index (χ2v) is 7.81. The van der Waals surface area contributed by atoms with Crippen molar-refractivity contribution in [2.45, 2.75) is 52.9 Å². The highest BCUT2D eigenvalue weighted by molar-refractivity contribution is 5.11. The molecule has 0 saturated heterocycles. The highest BCUT2D eigenvalue weighted by Gasteiger charge is 2.62. The van der Waals surface area contributed by atoms with Crippen molar-refractivity contribution in [1.29, 1.82) is 0 Å². The molecule has 0 amide bonds. The molecule has 0 radical (unpaired) electrons. The van der Waals surface area contributed by atoms with Crippen molar-refractivity contribution in [3.05, 3.63) is 0 Å². The second-order valence-electron chi connectivity index (χ2n) is 7.81. The normalized spacial score (nSPS) is 54.0. The summed E-state index contributed by atoms with van der Waals surface area (Å²) in [5.41, 5.74) is 0.497. The average Bonchev–Trinajstić information content (AvgIpc) is 2.91. The quantitative estimate of drug-likeness (QED) is 0.720. The third-order valence-corrected chi connectivity index (χ3v) is 6.64. The van der Waals surface area contributed by atoms with E-state index in [-0.39, 0.29) is 0 Å². The molecule has 2 bridgehead atoms. The lowest BCUT2D eigenvalue weighted by molar-refractivity contribution is -0.000969. The summed E-state index contributed by atoms with van der Waals surface area (Å²) >= 11 is 0. The first-order chi connectivity index (χ1) is 8.60. The Kier molecular flexibility index (Phi) is 3.25. The molecule has 3 saturated carbocycles. The number of methoxy groups -OCH3 is 1.